The summed E-state index contributed by atoms with van der Waals surface area (Å²) in [5, 5.41) is 17.3. The Bertz CT molecular complexity index is 1500. The van der Waals surface area contributed by atoms with Gasteiger partial charge in [-0.2, -0.15) is 5.26 Å². The molecular weight excluding hydrogens is 542 g/mol. The Kier molecular flexibility index (Phi) is 6.07. The Hall–Kier alpha value is -3.12. The van der Waals surface area contributed by atoms with Gasteiger partial charge >= 0.3 is 6.03 Å². The second-order valence-corrected chi connectivity index (χ2v) is 11.8. The number of piperidine rings is 1. The number of carbonyl (C=O) groups is 1. The SMILES string of the molecule is N#Cc1cc(F)cc(NC(=O)N2C3CCC2C2C(C3)[C@@H]2OCc2c(-c3c(Cl)cccc3Cl)noc2C2CC2)c1. The molecule has 1 N–H and O–H groups in total. The lowest BCUT2D eigenvalue weighted by molar-refractivity contribution is 0.0827. The lowest BCUT2D eigenvalue weighted by atomic mass is 10.0. The van der Waals surface area contributed by atoms with Crippen molar-refractivity contribution in [2.75, 3.05) is 5.32 Å². The Morgan fingerprint density at radius 3 is 2.74 bits per heavy atom. The van der Waals surface area contributed by atoms with E-state index in [1.807, 2.05) is 11.0 Å². The quantitative estimate of drug-likeness (QED) is 0.342. The van der Waals surface area contributed by atoms with Crippen LogP contribution in [0.3, 0.4) is 0 Å². The molecule has 2 saturated carbocycles. The topological polar surface area (TPSA) is 91.4 Å². The first-order valence-corrected chi connectivity index (χ1v) is 14.0. The largest absolute Gasteiger partial charge is 0.373 e. The maximum absolute atomic E-state index is 13.9. The third-order valence-corrected chi connectivity index (χ3v) is 9.22. The van der Waals surface area contributed by atoms with Crippen LogP contribution in [0.5, 0.6) is 0 Å². The number of nitrogens with zero attached hydrogens (tertiary/aromatic N) is 3. The van der Waals surface area contributed by atoms with Crippen molar-refractivity contribution in [1.29, 1.82) is 5.26 Å². The molecule has 200 valence electrons. The van der Waals surface area contributed by atoms with E-state index in [2.05, 4.69) is 10.5 Å². The highest BCUT2D eigenvalue weighted by Crippen LogP contribution is 2.58. The third-order valence-electron chi connectivity index (χ3n) is 8.59. The molecule has 1 aromatic heterocycles. The van der Waals surface area contributed by atoms with Crippen molar-refractivity contribution in [1.82, 2.24) is 10.1 Å². The summed E-state index contributed by atoms with van der Waals surface area (Å²) in [4.78, 5) is 15.2. The number of ether oxygens (including phenoxy) is 1. The molecule has 4 aliphatic rings. The fourth-order valence-electron chi connectivity index (χ4n) is 6.69. The van der Waals surface area contributed by atoms with E-state index in [-0.39, 0.29) is 41.4 Å². The van der Waals surface area contributed by atoms with Crippen LogP contribution >= 0.6 is 23.2 Å². The number of fused-ring (bicyclic) bond motifs is 4. The summed E-state index contributed by atoms with van der Waals surface area (Å²) < 4.78 is 26.2. The highest BCUT2D eigenvalue weighted by atomic mass is 35.5. The highest BCUT2D eigenvalue weighted by molar-refractivity contribution is 6.39. The van der Waals surface area contributed by atoms with Crippen molar-refractivity contribution in [2.45, 2.75) is 62.8 Å². The van der Waals surface area contributed by atoms with Gasteiger partial charge in [-0.15, -0.1) is 0 Å². The van der Waals surface area contributed by atoms with E-state index < -0.39 is 5.82 Å². The first-order valence-electron chi connectivity index (χ1n) is 13.3. The minimum Gasteiger partial charge on any atom is -0.373 e. The molecule has 0 radical (unpaired) electrons. The molecule has 2 aromatic carbocycles. The molecule has 4 fully saturated rings. The van der Waals surface area contributed by atoms with Gasteiger partial charge in [0, 0.05) is 40.7 Å². The highest BCUT2D eigenvalue weighted by Gasteiger charge is 2.64. The molecule has 2 bridgehead atoms. The minimum absolute atomic E-state index is 0.0338. The average Bonchev–Trinajstić information content (AvgIpc) is 3.80. The number of nitrogens with one attached hydrogen (secondary N) is 1. The van der Waals surface area contributed by atoms with Gasteiger partial charge in [-0.25, -0.2) is 9.18 Å². The lowest BCUT2D eigenvalue weighted by Gasteiger charge is -2.34. The second kappa shape index (κ2) is 9.51. The van der Waals surface area contributed by atoms with Crippen LogP contribution in [0, 0.1) is 29.0 Å². The summed E-state index contributed by atoms with van der Waals surface area (Å²) in [6.45, 7) is 0.341. The maximum atomic E-state index is 13.9. The number of carbonyl (C=O) groups excluding carboxylic acids is 1. The molecule has 2 aliphatic carbocycles. The number of nitriles is 1. The van der Waals surface area contributed by atoms with Crippen molar-refractivity contribution in [3.8, 4) is 17.3 Å². The number of benzene rings is 2. The predicted molar refractivity (Wildman–Crippen MR) is 143 cm³/mol. The van der Waals surface area contributed by atoms with Crippen molar-refractivity contribution >= 4 is 34.9 Å². The predicted octanol–water partition coefficient (Wildman–Crippen LogP) is 7.14. The zero-order chi connectivity index (χ0) is 26.8. The van der Waals surface area contributed by atoms with E-state index >= 15 is 0 Å². The Labute approximate surface area is 234 Å². The number of anilines is 1. The zero-order valence-corrected chi connectivity index (χ0v) is 22.4. The van der Waals surface area contributed by atoms with Gasteiger partial charge in [0.05, 0.1) is 34.4 Å². The molecule has 39 heavy (non-hydrogen) atoms. The van der Waals surface area contributed by atoms with Gasteiger partial charge in [-0.3, -0.25) is 0 Å². The third kappa shape index (κ3) is 4.37. The second-order valence-electron chi connectivity index (χ2n) is 11.0. The Balaban J connectivity index is 1.08. The summed E-state index contributed by atoms with van der Waals surface area (Å²) >= 11 is 13.0. The number of aromatic nitrogens is 1. The van der Waals surface area contributed by atoms with Gasteiger partial charge in [-0.05, 0) is 68.4 Å². The number of hydrogen-bond acceptors (Lipinski definition) is 5. The molecule has 2 saturated heterocycles. The van der Waals surface area contributed by atoms with E-state index in [0.29, 0.717) is 39.7 Å². The van der Waals surface area contributed by atoms with E-state index in [1.54, 1.807) is 18.2 Å². The molecule has 3 aromatic rings. The van der Waals surface area contributed by atoms with Crippen LogP contribution in [0.25, 0.3) is 11.3 Å². The summed E-state index contributed by atoms with van der Waals surface area (Å²) in [7, 11) is 0. The Morgan fingerprint density at radius 2 is 2.00 bits per heavy atom. The smallest absolute Gasteiger partial charge is 0.322 e. The van der Waals surface area contributed by atoms with E-state index in [9.17, 15) is 9.18 Å². The van der Waals surface area contributed by atoms with Crippen molar-refractivity contribution in [2.24, 2.45) is 11.8 Å². The van der Waals surface area contributed by atoms with Gasteiger partial charge in [0.25, 0.3) is 0 Å². The van der Waals surface area contributed by atoms with Gasteiger partial charge in [-0.1, -0.05) is 34.4 Å². The first-order chi connectivity index (χ1) is 18.9. The van der Waals surface area contributed by atoms with Crippen LogP contribution in [0.2, 0.25) is 10.0 Å². The minimum atomic E-state index is -0.557. The molecule has 3 heterocycles. The number of halogens is 3. The summed E-state index contributed by atoms with van der Waals surface area (Å²) in [6.07, 6.45) is 4.87. The molecule has 10 heteroatoms. The lowest BCUT2D eigenvalue weighted by Crippen LogP contribution is -2.47. The van der Waals surface area contributed by atoms with E-state index in [4.69, 9.17) is 37.7 Å². The molecule has 2 amide bonds. The summed E-state index contributed by atoms with van der Waals surface area (Å²) in [5.41, 5.74) is 2.63. The summed E-state index contributed by atoms with van der Waals surface area (Å²) in [6, 6.07) is 11.1. The van der Waals surface area contributed by atoms with E-state index in [0.717, 1.165) is 49.5 Å². The molecule has 7 nitrogen and oxygen atoms in total. The van der Waals surface area contributed by atoms with Crippen LogP contribution < -0.4 is 5.32 Å². The van der Waals surface area contributed by atoms with Gasteiger partial charge in [0.2, 0.25) is 0 Å². The normalized spacial score (nSPS) is 26.7. The van der Waals surface area contributed by atoms with Gasteiger partial charge < -0.3 is 19.5 Å². The molecule has 7 rings (SSSR count). The number of hydrogen-bond donors (Lipinski definition) is 1. The van der Waals surface area contributed by atoms with E-state index in [1.165, 1.54) is 12.1 Å². The maximum Gasteiger partial charge on any atom is 0.322 e. The van der Waals surface area contributed by atoms with Gasteiger partial charge in [0.15, 0.2) is 0 Å². The fraction of sp³-hybridized carbons (Fsp3) is 0.414. The van der Waals surface area contributed by atoms with Gasteiger partial charge in [0.1, 0.15) is 17.3 Å². The average molecular weight is 567 g/mol. The number of amides is 2. The van der Waals surface area contributed by atoms with Crippen molar-refractivity contribution in [3.05, 3.63) is 69.1 Å². The first kappa shape index (κ1) is 24.9. The fourth-order valence-corrected chi connectivity index (χ4v) is 7.27. The number of urea groups is 1. The van der Waals surface area contributed by atoms with Crippen LogP contribution in [0.4, 0.5) is 14.9 Å². The number of rotatable bonds is 6. The van der Waals surface area contributed by atoms with Crippen LogP contribution in [-0.4, -0.2) is 34.3 Å². The summed E-state index contributed by atoms with van der Waals surface area (Å²) in [5.74, 6) is 1.26. The van der Waals surface area contributed by atoms with Crippen LogP contribution in [0.15, 0.2) is 40.9 Å². The van der Waals surface area contributed by atoms with Crippen LogP contribution in [-0.2, 0) is 11.3 Å². The molecule has 5 atom stereocenters. The standard InChI is InChI=1S/C29H25Cl2FN4O3/c30-21-2-1-3-22(31)25(21)26-20(27(39-35-26)15-4-5-15)13-38-28-19-11-18-6-7-23(24(19)28)36(18)29(37)34-17-9-14(12-33)8-16(32)10-17/h1-3,8-10,15,18-19,23-24,28H,4-7,11,13H2,(H,34,37)/t18?,19?,23?,24?,28-/m0/s1. The van der Waals surface area contributed by atoms with Crippen LogP contribution in [0.1, 0.15) is 54.9 Å². The molecule has 2 aliphatic heterocycles. The monoisotopic (exact) mass is 566 g/mol. The Morgan fingerprint density at radius 1 is 1.21 bits per heavy atom. The van der Waals surface area contributed by atoms with Crippen molar-refractivity contribution in [3.63, 3.8) is 0 Å². The molecular formula is C29H25Cl2FN4O3. The molecule has 4 unspecified atom stereocenters. The van der Waals surface area contributed by atoms with Crippen molar-refractivity contribution < 1.29 is 18.4 Å². The molecule has 0 spiro atoms. The zero-order valence-electron chi connectivity index (χ0n) is 20.9.